The standard InChI is InChI=1S/C27H26N2O/c1-2-19-16-22-26-24(28-14-6-11-23(19)28)9-5-10-25(26)29(27(22)30)17-18-12-13-20-7-3-4-8-21(20)15-18/h3-5,7-10,12-13,15-16,19,23H,2,6,11,14,17H2,1H3. The number of anilines is 2. The van der Waals surface area contributed by atoms with Crippen molar-refractivity contribution in [2.24, 2.45) is 5.92 Å². The number of hydrogen-bond donors (Lipinski definition) is 0. The molecule has 2 atom stereocenters. The van der Waals surface area contributed by atoms with Crippen molar-refractivity contribution in [1.29, 1.82) is 0 Å². The quantitative estimate of drug-likeness (QED) is 0.562. The molecule has 1 fully saturated rings. The average molecular weight is 395 g/mol. The molecule has 30 heavy (non-hydrogen) atoms. The summed E-state index contributed by atoms with van der Waals surface area (Å²) in [5.74, 6) is 0.595. The number of benzene rings is 3. The van der Waals surface area contributed by atoms with E-state index < -0.39 is 0 Å². The number of nitrogens with zero attached hydrogens (tertiary/aromatic N) is 2. The average Bonchev–Trinajstić information content (AvgIpc) is 3.32. The summed E-state index contributed by atoms with van der Waals surface area (Å²) in [6.07, 6.45) is 5.83. The van der Waals surface area contributed by atoms with Gasteiger partial charge >= 0.3 is 0 Å². The van der Waals surface area contributed by atoms with Gasteiger partial charge in [-0.2, -0.15) is 0 Å². The minimum Gasteiger partial charge on any atom is -0.367 e. The SMILES string of the molecule is CCC1C=C2C(=O)N(Cc3ccc4ccccc4c3)c3cccc(c32)N2CCCC12. The second-order valence-electron chi connectivity index (χ2n) is 8.80. The molecule has 3 aromatic carbocycles. The van der Waals surface area contributed by atoms with Crippen LogP contribution in [0.25, 0.3) is 16.3 Å². The van der Waals surface area contributed by atoms with Gasteiger partial charge in [0.2, 0.25) is 0 Å². The van der Waals surface area contributed by atoms with Gasteiger partial charge < -0.3 is 9.80 Å². The van der Waals surface area contributed by atoms with E-state index in [1.54, 1.807) is 0 Å². The summed E-state index contributed by atoms with van der Waals surface area (Å²) in [6, 6.07) is 21.9. The molecule has 3 aliphatic heterocycles. The van der Waals surface area contributed by atoms with Gasteiger partial charge in [-0.15, -0.1) is 0 Å². The molecular weight excluding hydrogens is 368 g/mol. The maximum atomic E-state index is 13.6. The summed E-state index contributed by atoms with van der Waals surface area (Å²) >= 11 is 0. The molecule has 0 aliphatic carbocycles. The molecule has 6 rings (SSSR count). The van der Waals surface area contributed by atoms with Gasteiger partial charge in [0.25, 0.3) is 5.91 Å². The highest BCUT2D eigenvalue weighted by molar-refractivity contribution is 6.34. The van der Waals surface area contributed by atoms with Crippen LogP contribution in [-0.4, -0.2) is 18.5 Å². The van der Waals surface area contributed by atoms with Crippen molar-refractivity contribution in [2.75, 3.05) is 16.3 Å². The van der Waals surface area contributed by atoms with Crippen LogP contribution in [0.5, 0.6) is 0 Å². The summed E-state index contributed by atoms with van der Waals surface area (Å²) < 4.78 is 0. The first-order valence-electron chi connectivity index (χ1n) is 11.2. The molecule has 3 aromatic rings. The summed E-state index contributed by atoms with van der Waals surface area (Å²) in [5.41, 5.74) is 5.57. The lowest BCUT2D eigenvalue weighted by Crippen LogP contribution is -2.34. The highest BCUT2D eigenvalue weighted by Crippen LogP contribution is 2.49. The molecule has 0 radical (unpaired) electrons. The van der Waals surface area contributed by atoms with Crippen LogP contribution in [-0.2, 0) is 11.3 Å². The Balaban J connectivity index is 1.45. The van der Waals surface area contributed by atoms with E-state index in [1.165, 1.54) is 34.9 Å². The van der Waals surface area contributed by atoms with Crippen molar-refractivity contribution in [2.45, 2.75) is 38.8 Å². The van der Waals surface area contributed by atoms with Crippen LogP contribution in [0.1, 0.15) is 37.3 Å². The molecule has 3 aliphatic rings. The molecule has 3 heteroatoms. The highest BCUT2D eigenvalue weighted by atomic mass is 16.2. The third kappa shape index (κ3) is 2.54. The smallest absolute Gasteiger partial charge is 0.259 e. The predicted molar refractivity (Wildman–Crippen MR) is 124 cm³/mol. The van der Waals surface area contributed by atoms with E-state index in [0.29, 0.717) is 18.5 Å². The van der Waals surface area contributed by atoms with E-state index in [2.05, 4.69) is 78.6 Å². The van der Waals surface area contributed by atoms with Gasteiger partial charge in [-0.1, -0.05) is 55.5 Å². The number of fused-ring (bicyclic) bond motifs is 3. The lowest BCUT2D eigenvalue weighted by molar-refractivity contribution is -0.113. The number of carbonyl (C=O) groups excluding carboxylic acids is 1. The van der Waals surface area contributed by atoms with Gasteiger partial charge in [0, 0.05) is 29.4 Å². The molecule has 1 saturated heterocycles. The van der Waals surface area contributed by atoms with Crippen molar-refractivity contribution < 1.29 is 4.79 Å². The topological polar surface area (TPSA) is 23.6 Å². The van der Waals surface area contributed by atoms with Gasteiger partial charge in [-0.25, -0.2) is 0 Å². The van der Waals surface area contributed by atoms with E-state index in [4.69, 9.17) is 0 Å². The maximum absolute atomic E-state index is 13.6. The van der Waals surface area contributed by atoms with Crippen molar-refractivity contribution in [1.82, 2.24) is 0 Å². The lowest BCUT2D eigenvalue weighted by Gasteiger charge is -2.31. The fourth-order valence-corrected chi connectivity index (χ4v) is 5.71. The summed E-state index contributed by atoms with van der Waals surface area (Å²) in [7, 11) is 0. The zero-order chi connectivity index (χ0) is 20.2. The molecule has 2 unspecified atom stereocenters. The molecule has 0 aromatic heterocycles. The number of rotatable bonds is 3. The zero-order valence-corrected chi connectivity index (χ0v) is 17.3. The number of amides is 1. The van der Waals surface area contributed by atoms with Crippen molar-refractivity contribution in [3.8, 4) is 0 Å². The normalized spacial score (nSPS) is 22.2. The Morgan fingerprint density at radius 1 is 0.967 bits per heavy atom. The largest absolute Gasteiger partial charge is 0.367 e. The van der Waals surface area contributed by atoms with E-state index in [0.717, 1.165) is 29.8 Å². The van der Waals surface area contributed by atoms with Crippen LogP contribution >= 0.6 is 0 Å². The van der Waals surface area contributed by atoms with Crippen LogP contribution in [0.2, 0.25) is 0 Å². The summed E-state index contributed by atoms with van der Waals surface area (Å²) in [6.45, 7) is 3.96. The monoisotopic (exact) mass is 394 g/mol. The first kappa shape index (κ1) is 17.8. The fourth-order valence-electron chi connectivity index (χ4n) is 5.71. The first-order chi connectivity index (χ1) is 14.7. The second kappa shape index (κ2) is 6.73. The molecule has 0 spiro atoms. The minimum absolute atomic E-state index is 0.158. The Hall–Kier alpha value is -3.07. The van der Waals surface area contributed by atoms with E-state index >= 15 is 0 Å². The Morgan fingerprint density at radius 2 is 1.80 bits per heavy atom. The molecule has 0 saturated carbocycles. The Kier molecular flexibility index (Phi) is 3.98. The van der Waals surface area contributed by atoms with Gasteiger partial charge in [0.05, 0.1) is 12.2 Å². The number of carbonyl (C=O) groups is 1. The molecule has 3 nitrogen and oxygen atoms in total. The molecule has 0 N–H and O–H groups in total. The van der Waals surface area contributed by atoms with Crippen LogP contribution < -0.4 is 9.80 Å². The van der Waals surface area contributed by atoms with Gasteiger partial charge in [0.1, 0.15) is 0 Å². The summed E-state index contributed by atoms with van der Waals surface area (Å²) in [4.78, 5) is 18.2. The number of hydrogen-bond acceptors (Lipinski definition) is 2. The fraction of sp³-hybridized carbons (Fsp3) is 0.296. The van der Waals surface area contributed by atoms with Crippen LogP contribution in [0.3, 0.4) is 0 Å². The molecule has 1 amide bonds. The maximum Gasteiger partial charge on any atom is 0.259 e. The van der Waals surface area contributed by atoms with E-state index in [1.807, 2.05) is 4.90 Å². The third-order valence-corrected chi connectivity index (χ3v) is 7.17. The molecule has 0 bridgehead atoms. The predicted octanol–water partition coefficient (Wildman–Crippen LogP) is 5.78. The highest BCUT2D eigenvalue weighted by Gasteiger charge is 2.41. The Labute approximate surface area is 177 Å². The van der Waals surface area contributed by atoms with Crippen molar-refractivity contribution >= 4 is 33.6 Å². The van der Waals surface area contributed by atoms with Crippen molar-refractivity contribution in [3.63, 3.8) is 0 Å². The van der Waals surface area contributed by atoms with Crippen LogP contribution in [0, 0.1) is 5.92 Å². The van der Waals surface area contributed by atoms with Gasteiger partial charge in [0.15, 0.2) is 0 Å². The molecular formula is C27H26N2O. The lowest BCUT2D eigenvalue weighted by atomic mass is 9.93. The van der Waals surface area contributed by atoms with Crippen LogP contribution in [0.15, 0.2) is 66.7 Å². The van der Waals surface area contributed by atoms with Gasteiger partial charge in [-0.05, 0) is 59.7 Å². The zero-order valence-electron chi connectivity index (χ0n) is 17.3. The van der Waals surface area contributed by atoms with Crippen molar-refractivity contribution in [3.05, 3.63) is 77.9 Å². The molecule has 3 heterocycles. The Morgan fingerprint density at radius 3 is 2.67 bits per heavy atom. The minimum atomic E-state index is 0.158. The van der Waals surface area contributed by atoms with Crippen LogP contribution in [0.4, 0.5) is 11.4 Å². The second-order valence-corrected chi connectivity index (χ2v) is 8.80. The summed E-state index contributed by atoms with van der Waals surface area (Å²) in [5, 5.41) is 2.45. The third-order valence-electron chi connectivity index (χ3n) is 7.17. The van der Waals surface area contributed by atoms with E-state index in [9.17, 15) is 4.79 Å². The Bertz CT molecular complexity index is 1190. The van der Waals surface area contributed by atoms with E-state index in [-0.39, 0.29) is 5.91 Å². The van der Waals surface area contributed by atoms with Gasteiger partial charge in [-0.3, -0.25) is 4.79 Å². The molecule has 150 valence electrons. The first-order valence-corrected chi connectivity index (χ1v) is 11.2.